The summed E-state index contributed by atoms with van der Waals surface area (Å²) in [5.74, 6) is 8.06. The van der Waals surface area contributed by atoms with Gasteiger partial charge < -0.3 is 14.7 Å². The number of likely N-dealkylation sites (tertiary alicyclic amines) is 1. The van der Waals surface area contributed by atoms with Crippen molar-refractivity contribution in [3.63, 3.8) is 0 Å². The molecular formula is C38H42N2O3. The first-order chi connectivity index (χ1) is 20.8. The summed E-state index contributed by atoms with van der Waals surface area (Å²) in [6.07, 6.45) is 4.66. The summed E-state index contributed by atoms with van der Waals surface area (Å²) in [7, 11) is 0. The predicted molar refractivity (Wildman–Crippen MR) is 169 cm³/mol. The van der Waals surface area contributed by atoms with E-state index in [0.29, 0.717) is 30.2 Å². The molecule has 0 radical (unpaired) electrons. The van der Waals surface area contributed by atoms with Gasteiger partial charge in [-0.2, -0.15) is 0 Å². The van der Waals surface area contributed by atoms with Gasteiger partial charge in [-0.1, -0.05) is 62.2 Å². The van der Waals surface area contributed by atoms with Crippen LogP contribution in [0, 0.1) is 30.6 Å². The SMILES string of the molecule is Cc1cccc(C#CC(=O)N(CC(C)C)[C@@H]2CC[C@H]3[C@H]4Cc5c(O)ccc6c5[C@@]3(CCN4CCc3ccccc3)[C@H]2O6)c1. The number of hydrogen-bond donors (Lipinski definition) is 1. The maximum absolute atomic E-state index is 13.9. The molecule has 5 nitrogen and oxygen atoms in total. The molecule has 1 spiro atoms. The fourth-order valence-electron chi connectivity index (χ4n) is 8.81. The third-order valence-corrected chi connectivity index (χ3v) is 10.5. The van der Waals surface area contributed by atoms with E-state index in [0.717, 1.165) is 67.6 Å². The first-order valence-electron chi connectivity index (χ1n) is 16.0. The molecule has 0 aromatic heterocycles. The number of benzene rings is 3. The largest absolute Gasteiger partial charge is 0.508 e. The maximum atomic E-state index is 13.9. The number of piperidine rings is 1. The van der Waals surface area contributed by atoms with E-state index in [2.05, 4.69) is 60.9 Å². The summed E-state index contributed by atoms with van der Waals surface area (Å²) in [5.41, 5.74) is 5.46. The Balaban J connectivity index is 1.23. The van der Waals surface area contributed by atoms with E-state index in [9.17, 15) is 9.90 Å². The van der Waals surface area contributed by atoms with Gasteiger partial charge in [0.05, 0.1) is 6.04 Å². The zero-order valence-electron chi connectivity index (χ0n) is 25.6. The lowest BCUT2D eigenvalue weighted by Crippen LogP contribution is -2.69. The lowest BCUT2D eigenvalue weighted by molar-refractivity contribution is -0.137. The van der Waals surface area contributed by atoms with E-state index in [1.54, 1.807) is 0 Å². The zero-order chi connectivity index (χ0) is 29.7. The van der Waals surface area contributed by atoms with Gasteiger partial charge in [0.15, 0.2) is 0 Å². The van der Waals surface area contributed by atoms with E-state index in [1.165, 1.54) is 11.1 Å². The molecule has 5 heteroatoms. The van der Waals surface area contributed by atoms with Crippen molar-refractivity contribution in [1.82, 2.24) is 9.80 Å². The highest BCUT2D eigenvalue weighted by Crippen LogP contribution is 2.63. The van der Waals surface area contributed by atoms with Crippen molar-refractivity contribution in [2.75, 3.05) is 19.6 Å². The van der Waals surface area contributed by atoms with Gasteiger partial charge in [-0.15, -0.1) is 0 Å². The van der Waals surface area contributed by atoms with Gasteiger partial charge in [0, 0.05) is 47.2 Å². The number of amides is 1. The highest BCUT2D eigenvalue weighted by Gasteiger charge is 2.66. The summed E-state index contributed by atoms with van der Waals surface area (Å²) >= 11 is 0. The third kappa shape index (κ3) is 4.81. The molecule has 3 aromatic carbocycles. The number of carbonyl (C=O) groups excluding carboxylic acids is 1. The van der Waals surface area contributed by atoms with E-state index >= 15 is 0 Å². The Morgan fingerprint density at radius 1 is 1.12 bits per heavy atom. The third-order valence-electron chi connectivity index (χ3n) is 10.5. The number of nitrogens with zero attached hydrogens (tertiary/aromatic N) is 2. The molecule has 1 saturated carbocycles. The van der Waals surface area contributed by atoms with Gasteiger partial charge in [0.25, 0.3) is 5.91 Å². The first kappa shape index (κ1) is 28.0. The van der Waals surface area contributed by atoms with Gasteiger partial charge >= 0.3 is 0 Å². The van der Waals surface area contributed by atoms with Gasteiger partial charge in [-0.25, -0.2) is 0 Å². The van der Waals surface area contributed by atoms with Crippen LogP contribution in [0.3, 0.4) is 0 Å². The van der Waals surface area contributed by atoms with Gasteiger partial charge in [0.1, 0.15) is 17.6 Å². The number of aryl methyl sites for hydroxylation is 1. The zero-order valence-corrected chi connectivity index (χ0v) is 25.6. The Hall–Kier alpha value is -3.75. The number of hydrogen-bond acceptors (Lipinski definition) is 4. The summed E-state index contributed by atoms with van der Waals surface area (Å²) in [6, 6.07) is 22.8. The van der Waals surface area contributed by atoms with Gasteiger partial charge in [-0.05, 0) is 92.8 Å². The summed E-state index contributed by atoms with van der Waals surface area (Å²) < 4.78 is 6.93. The van der Waals surface area contributed by atoms with E-state index in [-0.39, 0.29) is 23.5 Å². The Morgan fingerprint density at radius 2 is 1.95 bits per heavy atom. The molecule has 5 atom stereocenters. The van der Waals surface area contributed by atoms with Crippen molar-refractivity contribution in [1.29, 1.82) is 0 Å². The van der Waals surface area contributed by atoms with Crippen LogP contribution < -0.4 is 4.74 Å². The maximum Gasteiger partial charge on any atom is 0.299 e. The second-order valence-electron chi connectivity index (χ2n) is 13.5. The topological polar surface area (TPSA) is 53.0 Å². The smallest absolute Gasteiger partial charge is 0.299 e. The minimum atomic E-state index is -0.196. The summed E-state index contributed by atoms with van der Waals surface area (Å²) in [6.45, 7) is 9.04. The number of rotatable bonds is 6. The molecule has 0 unspecified atom stereocenters. The van der Waals surface area contributed by atoms with Crippen LogP contribution in [0.4, 0.5) is 0 Å². The summed E-state index contributed by atoms with van der Waals surface area (Å²) in [5, 5.41) is 11.2. The van der Waals surface area contributed by atoms with Gasteiger partial charge in [-0.3, -0.25) is 9.69 Å². The van der Waals surface area contributed by atoms with Crippen molar-refractivity contribution in [2.45, 2.75) is 76.5 Å². The van der Waals surface area contributed by atoms with Crippen LogP contribution in [-0.2, 0) is 23.1 Å². The Kier molecular flexibility index (Phi) is 7.22. The van der Waals surface area contributed by atoms with Crippen LogP contribution in [0.5, 0.6) is 11.5 Å². The van der Waals surface area contributed by atoms with Gasteiger partial charge in [0.2, 0.25) is 0 Å². The first-order valence-corrected chi connectivity index (χ1v) is 16.0. The van der Waals surface area contributed by atoms with Crippen molar-refractivity contribution >= 4 is 5.91 Å². The minimum Gasteiger partial charge on any atom is -0.508 e. The highest BCUT2D eigenvalue weighted by atomic mass is 16.5. The normalized spacial score (nSPS) is 26.7. The molecule has 222 valence electrons. The molecule has 2 heterocycles. The van der Waals surface area contributed by atoms with Crippen LogP contribution >= 0.6 is 0 Å². The van der Waals surface area contributed by atoms with Crippen molar-refractivity contribution < 1.29 is 14.6 Å². The predicted octanol–water partition coefficient (Wildman–Crippen LogP) is 5.89. The van der Waals surface area contributed by atoms with Crippen LogP contribution in [0.15, 0.2) is 66.7 Å². The molecule has 2 fully saturated rings. The Bertz CT molecular complexity index is 1590. The fourth-order valence-corrected chi connectivity index (χ4v) is 8.81. The molecule has 7 rings (SSSR count). The van der Waals surface area contributed by atoms with E-state index < -0.39 is 0 Å². The monoisotopic (exact) mass is 574 g/mol. The fraction of sp³-hybridized carbons (Fsp3) is 0.447. The van der Waals surface area contributed by atoms with Crippen LogP contribution in [0.2, 0.25) is 0 Å². The lowest BCUT2D eigenvalue weighted by atomic mass is 9.50. The average Bonchev–Trinajstić information content (AvgIpc) is 3.33. The van der Waals surface area contributed by atoms with Crippen molar-refractivity contribution in [2.24, 2.45) is 11.8 Å². The second-order valence-corrected chi connectivity index (χ2v) is 13.5. The summed E-state index contributed by atoms with van der Waals surface area (Å²) in [4.78, 5) is 18.6. The van der Waals surface area contributed by atoms with Crippen LogP contribution in [-0.4, -0.2) is 58.6 Å². The number of phenolic OH excluding ortho intramolecular Hbond substituents is 1. The number of carbonyl (C=O) groups is 1. The molecule has 3 aromatic rings. The number of aromatic hydroxyl groups is 1. The molecule has 1 saturated heterocycles. The van der Waals surface area contributed by atoms with E-state index in [1.807, 2.05) is 48.2 Å². The number of phenols is 1. The number of ether oxygens (including phenoxy) is 1. The van der Waals surface area contributed by atoms with Crippen LogP contribution in [0.1, 0.15) is 60.9 Å². The minimum absolute atomic E-state index is 0.0602. The molecular weight excluding hydrogens is 532 g/mol. The molecule has 1 N–H and O–H groups in total. The van der Waals surface area contributed by atoms with E-state index in [4.69, 9.17) is 4.74 Å². The van der Waals surface area contributed by atoms with Crippen LogP contribution in [0.25, 0.3) is 0 Å². The second kappa shape index (κ2) is 11.1. The molecule has 43 heavy (non-hydrogen) atoms. The Labute approximate surface area is 255 Å². The molecule has 2 bridgehead atoms. The van der Waals surface area contributed by atoms with Crippen molar-refractivity contribution in [3.05, 3.63) is 94.5 Å². The highest BCUT2D eigenvalue weighted by molar-refractivity contribution is 5.94. The Morgan fingerprint density at radius 3 is 2.74 bits per heavy atom. The average molecular weight is 575 g/mol. The quantitative estimate of drug-likeness (QED) is 0.373. The van der Waals surface area contributed by atoms with Crippen molar-refractivity contribution in [3.8, 4) is 23.3 Å². The standard InChI is InChI=1S/C38H42N2O3/c1-25(2)24-40(35(42)17-12-28-11-7-8-26(3)22-28)31-14-13-30-32-23-29-33(41)15-16-34-36(29)38(30,37(31)43-34)19-21-39(32)20-18-27-9-5-4-6-10-27/h4-11,15-16,22,25,30-32,37,41H,13-14,18-21,23-24H2,1-3H3/t30-,31+,32+,37-,38-/m0/s1. The lowest BCUT2D eigenvalue weighted by Gasteiger charge is -2.60. The molecule has 4 aliphatic rings. The molecule has 2 aliphatic heterocycles. The molecule has 1 amide bonds. The molecule has 2 aliphatic carbocycles.